The zero-order valence-electron chi connectivity index (χ0n) is 18.1. The number of fused-ring (bicyclic) bond motifs is 2. The molecule has 0 saturated heterocycles. The number of hydrogen-bond acceptors (Lipinski definition) is 5. The van der Waals surface area contributed by atoms with Crippen molar-refractivity contribution in [1.82, 2.24) is 14.9 Å². The Morgan fingerprint density at radius 2 is 1.82 bits per heavy atom. The van der Waals surface area contributed by atoms with E-state index in [0.717, 1.165) is 16.6 Å². The maximum atomic E-state index is 12.9. The molecule has 2 heterocycles. The first-order valence-corrected chi connectivity index (χ1v) is 10.7. The summed E-state index contributed by atoms with van der Waals surface area (Å²) in [7, 11) is 0. The van der Waals surface area contributed by atoms with Crippen LogP contribution in [0.15, 0.2) is 79.0 Å². The lowest BCUT2D eigenvalue weighted by atomic mass is 10.1. The quantitative estimate of drug-likeness (QED) is 0.516. The van der Waals surface area contributed by atoms with Crippen molar-refractivity contribution in [3.05, 3.63) is 95.8 Å². The summed E-state index contributed by atoms with van der Waals surface area (Å²) in [6.07, 6.45) is 0.870. The van der Waals surface area contributed by atoms with Gasteiger partial charge in [-0.15, -0.1) is 0 Å². The Hall–Kier alpha value is -4.26. The van der Waals surface area contributed by atoms with Crippen molar-refractivity contribution in [3.63, 3.8) is 0 Å². The van der Waals surface area contributed by atoms with E-state index in [4.69, 9.17) is 4.74 Å². The Balaban J connectivity index is 1.38. The second kappa shape index (κ2) is 8.70. The highest BCUT2D eigenvalue weighted by atomic mass is 16.5. The highest BCUT2D eigenvalue weighted by molar-refractivity contribution is 6.03. The number of amides is 2. The summed E-state index contributed by atoms with van der Waals surface area (Å²) < 4.78 is 5.90. The molecule has 1 aromatic heterocycles. The summed E-state index contributed by atoms with van der Waals surface area (Å²) in [6, 6.07) is 22.6. The van der Waals surface area contributed by atoms with E-state index in [2.05, 4.69) is 15.3 Å². The number of carbonyl (C=O) groups is 2. The van der Waals surface area contributed by atoms with Gasteiger partial charge in [0.2, 0.25) is 0 Å². The molecule has 0 radical (unpaired) electrons. The average Bonchev–Trinajstić information content (AvgIpc) is 2.95. The Morgan fingerprint density at radius 3 is 2.64 bits per heavy atom. The van der Waals surface area contributed by atoms with Gasteiger partial charge in [-0.1, -0.05) is 42.5 Å². The lowest BCUT2D eigenvalue weighted by molar-refractivity contribution is -0.138. The standard InChI is InChI=1S/C26H22N4O3/c1-17-26(32)30(15-18-7-3-2-4-8-18)16-19-13-20(11-12-24(19)33-17)28-25(31)23-14-27-21-9-5-6-10-22(21)29-23/h2-14,17H,15-16H2,1H3,(H,28,31). The zero-order chi connectivity index (χ0) is 22.8. The minimum atomic E-state index is -0.594. The third-order valence-electron chi connectivity index (χ3n) is 5.54. The van der Waals surface area contributed by atoms with E-state index >= 15 is 0 Å². The third-order valence-corrected chi connectivity index (χ3v) is 5.54. The molecule has 2 amide bonds. The van der Waals surface area contributed by atoms with Crippen LogP contribution >= 0.6 is 0 Å². The lowest BCUT2D eigenvalue weighted by Crippen LogP contribution is -2.37. The number of benzene rings is 3. The summed E-state index contributed by atoms with van der Waals surface area (Å²) in [5.74, 6) is 0.204. The van der Waals surface area contributed by atoms with Crippen LogP contribution in [0.3, 0.4) is 0 Å². The lowest BCUT2D eigenvalue weighted by Gasteiger charge is -2.22. The molecule has 0 spiro atoms. The number of para-hydroxylation sites is 2. The van der Waals surface area contributed by atoms with Gasteiger partial charge in [0.25, 0.3) is 11.8 Å². The molecule has 4 aromatic rings. The van der Waals surface area contributed by atoms with Crippen LogP contribution in [0.25, 0.3) is 11.0 Å². The van der Waals surface area contributed by atoms with Crippen molar-refractivity contribution in [3.8, 4) is 5.75 Å². The van der Waals surface area contributed by atoms with Gasteiger partial charge >= 0.3 is 0 Å². The predicted molar refractivity (Wildman–Crippen MR) is 125 cm³/mol. The number of carbonyl (C=O) groups excluding carboxylic acids is 2. The molecule has 1 aliphatic rings. The van der Waals surface area contributed by atoms with Gasteiger partial charge in [-0.3, -0.25) is 14.6 Å². The minimum absolute atomic E-state index is 0.0768. The topological polar surface area (TPSA) is 84.4 Å². The van der Waals surface area contributed by atoms with E-state index in [1.165, 1.54) is 6.20 Å². The Morgan fingerprint density at radius 1 is 1.06 bits per heavy atom. The number of anilines is 1. The van der Waals surface area contributed by atoms with Gasteiger partial charge in [0.05, 0.1) is 17.2 Å². The Bertz CT molecular complexity index is 1340. The number of nitrogens with one attached hydrogen (secondary N) is 1. The van der Waals surface area contributed by atoms with E-state index in [-0.39, 0.29) is 17.5 Å². The first-order valence-electron chi connectivity index (χ1n) is 10.7. The summed E-state index contributed by atoms with van der Waals surface area (Å²) in [6.45, 7) is 2.62. The molecule has 3 aromatic carbocycles. The molecule has 33 heavy (non-hydrogen) atoms. The SMILES string of the molecule is CC1Oc2ccc(NC(=O)c3cnc4ccccc4n3)cc2CN(Cc2ccccc2)C1=O. The first kappa shape index (κ1) is 20.6. The number of hydrogen-bond donors (Lipinski definition) is 1. The van der Waals surface area contributed by atoms with E-state index in [1.54, 1.807) is 24.0 Å². The summed E-state index contributed by atoms with van der Waals surface area (Å²) >= 11 is 0. The fourth-order valence-corrected chi connectivity index (χ4v) is 3.88. The Kier molecular flexibility index (Phi) is 5.44. The minimum Gasteiger partial charge on any atom is -0.481 e. The number of ether oxygens (including phenoxy) is 1. The van der Waals surface area contributed by atoms with Gasteiger partial charge in [0, 0.05) is 24.3 Å². The summed E-state index contributed by atoms with van der Waals surface area (Å²) in [5.41, 5.74) is 4.08. The van der Waals surface area contributed by atoms with Crippen LogP contribution in [0.2, 0.25) is 0 Å². The van der Waals surface area contributed by atoms with Gasteiger partial charge < -0.3 is 15.0 Å². The zero-order valence-corrected chi connectivity index (χ0v) is 18.1. The van der Waals surface area contributed by atoms with E-state index < -0.39 is 6.10 Å². The van der Waals surface area contributed by atoms with Gasteiger partial charge in [-0.25, -0.2) is 4.98 Å². The van der Waals surface area contributed by atoms with Crippen LogP contribution in [-0.4, -0.2) is 32.8 Å². The van der Waals surface area contributed by atoms with Crippen LogP contribution in [0.4, 0.5) is 5.69 Å². The monoisotopic (exact) mass is 438 g/mol. The molecule has 164 valence electrons. The first-order chi connectivity index (χ1) is 16.1. The molecule has 1 aliphatic heterocycles. The van der Waals surface area contributed by atoms with Crippen LogP contribution < -0.4 is 10.1 Å². The fraction of sp³-hybridized carbons (Fsp3) is 0.154. The molecule has 7 nitrogen and oxygen atoms in total. The van der Waals surface area contributed by atoms with Crippen molar-refractivity contribution in [1.29, 1.82) is 0 Å². The molecular formula is C26H22N4O3. The maximum absolute atomic E-state index is 12.9. The van der Waals surface area contributed by atoms with Crippen molar-refractivity contribution < 1.29 is 14.3 Å². The summed E-state index contributed by atoms with van der Waals surface area (Å²) in [4.78, 5) is 36.2. The Labute approximate surface area is 191 Å². The second-order valence-corrected chi connectivity index (χ2v) is 7.96. The number of aromatic nitrogens is 2. The van der Waals surface area contributed by atoms with Crippen LogP contribution in [0.5, 0.6) is 5.75 Å². The molecule has 0 bridgehead atoms. The highest BCUT2D eigenvalue weighted by Crippen LogP contribution is 2.29. The predicted octanol–water partition coefficient (Wildman–Crippen LogP) is 4.19. The van der Waals surface area contributed by atoms with Gasteiger partial charge in [-0.2, -0.15) is 0 Å². The van der Waals surface area contributed by atoms with E-state index in [9.17, 15) is 9.59 Å². The molecule has 1 N–H and O–H groups in total. The van der Waals surface area contributed by atoms with Crippen LogP contribution in [0.1, 0.15) is 28.5 Å². The third kappa shape index (κ3) is 4.39. The summed E-state index contributed by atoms with van der Waals surface area (Å²) in [5, 5.41) is 2.88. The molecule has 1 atom stereocenters. The smallest absolute Gasteiger partial charge is 0.275 e. The molecule has 0 aliphatic carbocycles. The molecule has 0 fully saturated rings. The normalized spacial score (nSPS) is 15.5. The largest absolute Gasteiger partial charge is 0.481 e. The van der Waals surface area contributed by atoms with Crippen LogP contribution in [0, 0.1) is 0 Å². The number of rotatable bonds is 4. The molecular weight excluding hydrogens is 416 g/mol. The molecule has 5 rings (SSSR count). The maximum Gasteiger partial charge on any atom is 0.275 e. The number of nitrogens with zero attached hydrogens (tertiary/aromatic N) is 3. The van der Waals surface area contributed by atoms with Gasteiger partial charge in [-0.05, 0) is 42.8 Å². The second-order valence-electron chi connectivity index (χ2n) is 7.96. The average molecular weight is 438 g/mol. The molecule has 7 heteroatoms. The molecule has 0 saturated carbocycles. The van der Waals surface area contributed by atoms with Crippen molar-refractivity contribution in [2.24, 2.45) is 0 Å². The fourth-order valence-electron chi connectivity index (χ4n) is 3.88. The van der Waals surface area contributed by atoms with E-state index in [0.29, 0.717) is 30.0 Å². The van der Waals surface area contributed by atoms with Crippen LogP contribution in [-0.2, 0) is 17.9 Å². The molecule has 1 unspecified atom stereocenters. The van der Waals surface area contributed by atoms with Crippen molar-refractivity contribution in [2.45, 2.75) is 26.1 Å². The highest BCUT2D eigenvalue weighted by Gasteiger charge is 2.28. The van der Waals surface area contributed by atoms with Crippen molar-refractivity contribution >= 4 is 28.5 Å². The van der Waals surface area contributed by atoms with Crippen molar-refractivity contribution in [2.75, 3.05) is 5.32 Å². The van der Waals surface area contributed by atoms with Gasteiger partial charge in [0.15, 0.2) is 6.10 Å². The van der Waals surface area contributed by atoms with Gasteiger partial charge in [0.1, 0.15) is 11.4 Å². The van der Waals surface area contributed by atoms with E-state index in [1.807, 2.05) is 60.7 Å².